The van der Waals surface area contributed by atoms with E-state index in [0.29, 0.717) is 11.4 Å². The second kappa shape index (κ2) is 4.66. The molecule has 1 aromatic rings. The molecule has 0 aliphatic heterocycles. The average Bonchev–Trinajstić information content (AvgIpc) is 2.06. The highest BCUT2D eigenvalue weighted by Crippen LogP contribution is 2.16. The molecule has 0 heterocycles. The number of thiol groups is 1. The number of benzene rings is 1. The van der Waals surface area contributed by atoms with Crippen molar-refractivity contribution >= 4 is 29.5 Å². The third kappa shape index (κ3) is 3.49. The van der Waals surface area contributed by atoms with Crippen molar-refractivity contribution in [3.8, 4) is 5.75 Å². The molecule has 0 aromatic heterocycles. The van der Waals surface area contributed by atoms with Crippen molar-refractivity contribution in [2.45, 2.75) is 6.92 Å². The Morgan fingerprint density at radius 3 is 2.29 bits per heavy atom. The highest BCUT2D eigenvalue weighted by molar-refractivity contribution is 7.96. The molecule has 0 saturated carbocycles. The molecule has 1 aromatic carbocycles. The van der Waals surface area contributed by atoms with Gasteiger partial charge in [-0.15, -0.1) is 0 Å². The maximum Gasteiger partial charge on any atom is 0.369 e. The van der Waals surface area contributed by atoms with Crippen LogP contribution in [0.5, 0.6) is 5.75 Å². The number of carbonyl (C=O) groups excluding carboxylic acids is 2. The van der Waals surface area contributed by atoms with Crippen molar-refractivity contribution in [1.29, 1.82) is 0 Å². The summed E-state index contributed by atoms with van der Waals surface area (Å²) in [5.74, 6) is 0.239. The van der Waals surface area contributed by atoms with Crippen LogP contribution in [0.2, 0.25) is 0 Å². The van der Waals surface area contributed by atoms with Crippen LogP contribution in [0.3, 0.4) is 0 Å². The molecule has 0 bridgehead atoms. The first-order chi connectivity index (χ1) is 6.58. The third-order valence-electron chi connectivity index (χ3n) is 1.38. The van der Waals surface area contributed by atoms with Crippen LogP contribution < -0.4 is 10.1 Å². The van der Waals surface area contributed by atoms with Crippen LogP contribution >= 0.6 is 12.6 Å². The lowest BCUT2D eigenvalue weighted by Gasteiger charge is -2.03. The van der Waals surface area contributed by atoms with Gasteiger partial charge in [0, 0.05) is 12.6 Å². The monoisotopic (exact) mass is 211 g/mol. The van der Waals surface area contributed by atoms with E-state index >= 15 is 0 Å². The summed E-state index contributed by atoms with van der Waals surface area (Å²) in [6.07, 6.45) is 0. The van der Waals surface area contributed by atoms with Crippen LogP contribution in [0.4, 0.5) is 10.5 Å². The summed E-state index contributed by atoms with van der Waals surface area (Å²) in [4.78, 5) is 21.1. The Balaban J connectivity index is 2.68. The fourth-order valence-corrected chi connectivity index (χ4v) is 1.02. The van der Waals surface area contributed by atoms with E-state index in [0.717, 1.165) is 0 Å². The van der Waals surface area contributed by atoms with Crippen molar-refractivity contribution in [3.05, 3.63) is 24.3 Å². The van der Waals surface area contributed by atoms with Gasteiger partial charge >= 0.3 is 5.30 Å². The molecule has 74 valence electrons. The molecular weight excluding hydrogens is 202 g/mol. The van der Waals surface area contributed by atoms with Gasteiger partial charge in [0.05, 0.1) is 0 Å². The number of hydrogen-bond donors (Lipinski definition) is 2. The zero-order valence-electron chi connectivity index (χ0n) is 7.48. The molecule has 1 N–H and O–H groups in total. The van der Waals surface area contributed by atoms with Crippen LogP contribution in [-0.4, -0.2) is 11.2 Å². The highest BCUT2D eigenvalue weighted by atomic mass is 32.1. The fourth-order valence-electron chi connectivity index (χ4n) is 0.910. The summed E-state index contributed by atoms with van der Waals surface area (Å²) in [7, 11) is 0. The minimum atomic E-state index is -0.669. The quantitative estimate of drug-likeness (QED) is 0.581. The molecule has 4 nitrogen and oxygen atoms in total. The Hall–Kier alpha value is -1.49. The van der Waals surface area contributed by atoms with E-state index < -0.39 is 5.30 Å². The Labute approximate surface area is 86.7 Å². The van der Waals surface area contributed by atoms with Gasteiger partial charge in [-0.3, -0.25) is 4.79 Å². The Morgan fingerprint density at radius 2 is 1.86 bits per heavy atom. The number of hydrogen-bond acceptors (Lipinski definition) is 3. The van der Waals surface area contributed by atoms with Gasteiger partial charge in [0.15, 0.2) is 0 Å². The molecule has 0 atom stereocenters. The molecule has 1 amide bonds. The van der Waals surface area contributed by atoms with E-state index in [1.807, 2.05) is 0 Å². The van der Waals surface area contributed by atoms with Gasteiger partial charge in [-0.2, -0.15) is 0 Å². The molecule has 1 rings (SSSR count). The van der Waals surface area contributed by atoms with E-state index in [-0.39, 0.29) is 5.91 Å². The summed E-state index contributed by atoms with van der Waals surface area (Å²) in [5.41, 5.74) is 0.650. The van der Waals surface area contributed by atoms with Gasteiger partial charge in [-0.25, -0.2) is 4.79 Å². The van der Waals surface area contributed by atoms with Gasteiger partial charge in [0.2, 0.25) is 5.91 Å². The summed E-state index contributed by atoms with van der Waals surface area (Å²) < 4.78 is 4.69. The lowest BCUT2D eigenvalue weighted by atomic mass is 10.3. The molecule has 0 fully saturated rings. The maximum atomic E-state index is 10.7. The van der Waals surface area contributed by atoms with Crippen molar-refractivity contribution < 1.29 is 14.3 Å². The number of ether oxygens (including phenoxy) is 1. The zero-order valence-corrected chi connectivity index (χ0v) is 8.38. The first-order valence-corrected chi connectivity index (χ1v) is 4.31. The summed E-state index contributed by atoms with van der Waals surface area (Å²) in [6.45, 7) is 1.42. The predicted molar refractivity (Wildman–Crippen MR) is 55.8 cm³/mol. The number of anilines is 1. The minimum Gasteiger partial charge on any atom is -0.419 e. The van der Waals surface area contributed by atoms with Gasteiger partial charge in [-0.05, 0) is 24.3 Å². The minimum absolute atomic E-state index is 0.149. The number of carbonyl (C=O) groups is 2. The van der Waals surface area contributed by atoms with Crippen LogP contribution in [0.15, 0.2) is 24.3 Å². The Morgan fingerprint density at radius 1 is 1.29 bits per heavy atom. The van der Waals surface area contributed by atoms with Crippen LogP contribution in [0.1, 0.15) is 6.92 Å². The normalized spacial score (nSPS) is 9.29. The average molecular weight is 211 g/mol. The Kier molecular flexibility index (Phi) is 3.53. The zero-order chi connectivity index (χ0) is 10.6. The second-order valence-corrected chi connectivity index (χ2v) is 2.94. The van der Waals surface area contributed by atoms with Crippen molar-refractivity contribution in [1.82, 2.24) is 0 Å². The standard InChI is InChI=1S/C9H9NO3S/c1-6(11)10-7-2-4-8(5-3-7)13-9(12)14/h2-5H,1H3,(H,10,11)(H,12,14). The number of nitrogens with one attached hydrogen (secondary N) is 1. The number of rotatable bonds is 2. The molecule has 0 spiro atoms. The van der Waals surface area contributed by atoms with Crippen LogP contribution in [-0.2, 0) is 4.79 Å². The first-order valence-electron chi connectivity index (χ1n) is 3.86. The van der Waals surface area contributed by atoms with Gasteiger partial charge in [-0.1, -0.05) is 12.6 Å². The van der Waals surface area contributed by atoms with E-state index in [1.54, 1.807) is 24.3 Å². The summed E-state index contributed by atoms with van der Waals surface area (Å²) in [6, 6.07) is 6.40. The van der Waals surface area contributed by atoms with Crippen molar-refractivity contribution in [3.63, 3.8) is 0 Å². The van der Waals surface area contributed by atoms with Gasteiger partial charge in [0.25, 0.3) is 0 Å². The smallest absolute Gasteiger partial charge is 0.369 e. The van der Waals surface area contributed by atoms with E-state index in [2.05, 4.69) is 22.7 Å². The summed E-state index contributed by atoms with van der Waals surface area (Å²) in [5, 5.41) is 1.92. The fraction of sp³-hybridized carbons (Fsp3) is 0.111. The molecule has 0 radical (unpaired) electrons. The molecule has 5 heteroatoms. The first kappa shape index (κ1) is 10.6. The molecular formula is C9H9NO3S. The lowest BCUT2D eigenvalue weighted by Crippen LogP contribution is -2.05. The van der Waals surface area contributed by atoms with E-state index in [4.69, 9.17) is 0 Å². The summed E-state index contributed by atoms with van der Waals surface area (Å²) >= 11 is 3.46. The second-order valence-electron chi connectivity index (χ2n) is 2.57. The van der Waals surface area contributed by atoms with E-state index in [1.165, 1.54) is 6.92 Å². The van der Waals surface area contributed by atoms with Gasteiger partial charge in [0.1, 0.15) is 5.75 Å². The van der Waals surface area contributed by atoms with Gasteiger partial charge < -0.3 is 10.1 Å². The predicted octanol–water partition coefficient (Wildman–Crippen LogP) is 2.07. The Bertz CT molecular complexity index is 313. The highest BCUT2D eigenvalue weighted by Gasteiger charge is 1.99. The molecule has 0 aliphatic rings. The molecule has 0 aliphatic carbocycles. The topological polar surface area (TPSA) is 55.4 Å². The molecule has 0 saturated heterocycles. The third-order valence-corrected chi connectivity index (χ3v) is 1.47. The maximum absolute atomic E-state index is 10.7. The van der Waals surface area contributed by atoms with Crippen molar-refractivity contribution in [2.24, 2.45) is 0 Å². The van der Waals surface area contributed by atoms with E-state index in [9.17, 15) is 9.59 Å². The largest absolute Gasteiger partial charge is 0.419 e. The molecule has 0 unspecified atom stereocenters. The van der Waals surface area contributed by atoms with Crippen molar-refractivity contribution in [2.75, 3.05) is 5.32 Å². The number of amides is 1. The van der Waals surface area contributed by atoms with Crippen LogP contribution in [0, 0.1) is 0 Å². The lowest BCUT2D eigenvalue weighted by molar-refractivity contribution is -0.114. The van der Waals surface area contributed by atoms with Crippen LogP contribution in [0.25, 0.3) is 0 Å². The molecule has 14 heavy (non-hydrogen) atoms. The SMILES string of the molecule is CC(=O)Nc1ccc(OC(=O)S)cc1.